The predicted molar refractivity (Wildman–Crippen MR) is 141 cm³/mol. The minimum absolute atomic E-state index is 0.359. The Morgan fingerprint density at radius 3 is 1.70 bits per heavy atom. The van der Waals surface area contributed by atoms with Crippen molar-refractivity contribution in [3.63, 3.8) is 0 Å². The van der Waals surface area contributed by atoms with E-state index in [1.165, 1.54) is 4.90 Å². The first-order chi connectivity index (χ1) is 18.1. The Labute approximate surface area is 215 Å². The van der Waals surface area contributed by atoms with E-state index >= 15 is 0 Å². The molecule has 1 fully saturated rings. The number of carbonyl (C=O) groups is 2. The van der Waals surface area contributed by atoms with E-state index in [2.05, 4.69) is 4.90 Å². The molecule has 0 saturated carbocycles. The van der Waals surface area contributed by atoms with E-state index in [4.69, 9.17) is 24.7 Å². The second kappa shape index (κ2) is 11.7. The third kappa shape index (κ3) is 5.45. The molecule has 2 N–H and O–H groups in total. The van der Waals surface area contributed by atoms with E-state index in [1.54, 1.807) is 36.4 Å². The van der Waals surface area contributed by atoms with Gasteiger partial charge >= 0.3 is 0 Å². The number of rotatable bonds is 2. The normalized spacial score (nSPS) is 18.5. The Morgan fingerprint density at radius 1 is 0.595 bits per heavy atom. The molecule has 2 heterocycles. The lowest BCUT2D eigenvalue weighted by molar-refractivity contribution is 0.00206. The molecular weight excluding hydrogens is 474 g/mol. The van der Waals surface area contributed by atoms with Gasteiger partial charge in [-0.25, -0.2) is 4.90 Å². The molecule has 0 aromatic heterocycles. The fourth-order valence-electron chi connectivity index (χ4n) is 4.65. The number of nitrogen functional groups attached to an aromatic ring is 1. The van der Waals surface area contributed by atoms with Crippen molar-refractivity contribution < 1.29 is 28.5 Å². The van der Waals surface area contributed by atoms with Crippen LogP contribution in [0.3, 0.4) is 0 Å². The van der Waals surface area contributed by atoms with Crippen LogP contribution in [-0.4, -0.2) is 77.8 Å². The monoisotopic (exact) mass is 505 g/mol. The maximum absolute atomic E-state index is 13.4. The smallest absolute Gasteiger partial charge is 0.265 e. The van der Waals surface area contributed by atoms with Crippen LogP contribution in [0.15, 0.2) is 54.6 Å². The van der Waals surface area contributed by atoms with E-state index in [0.29, 0.717) is 99.2 Å². The number of imide groups is 1. The van der Waals surface area contributed by atoms with Gasteiger partial charge in [-0.15, -0.1) is 0 Å². The van der Waals surface area contributed by atoms with Crippen LogP contribution in [0.1, 0.15) is 20.7 Å². The molecule has 37 heavy (non-hydrogen) atoms. The molecule has 0 aliphatic carbocycles. The lowest BCUT2D eigenvalue weighted by Crippen LogP contribution is -2.40. The zero-order valence-electron chi connectivity index (χ0n) is 20.7. The summed E-state index contributed by atoms with van der Waals surface area (Å²) in [5, 5.41) is 1.33. The summed E-state index contributed by atoms with van der Waals surface area (Å²) in [6.07, 6.45) is 0. The lowest BCUT2D eigenvalue weighted by atomic mass is 9.93. The fourth-order valence-corrected chi connectivity index (χ4v) is 4.65. The first-order valence-corrected chi connectivity index (χ1v) is 12.5. The summed E-state index contributed by atoms with van der Waals surface area (Å²) in [5.41, 5.74) is 9.04. The molecule has 0 radical (unpaired) electrons. The van der Waals surface area contributed by atoms with Gasteiger partial charge in [0.25, 0.3) is 11.8 Å². The highest BCUT2D eigenvalue weighted by atomic mass is 16.6. The Kier molecular flexibility index (Phi) is 7.96. The number of carbonyl (C=O) groups excluding carboxylic acids is 2. The molecule has 2 aliphatic heterocycles. The fraction of sp³-hybridized carbons (Fsp3) is 0.357. The van der Waals surface area contributed by atoms with Crippen molar-refractivity contribution in [3.05, 3.63) is 65.7 Å². The van der Waals surface area contributed by atoms with Gasteiger partial charge in [0.15, 0.2) is 0 Å². The van der Waals surface area contributed by atoms with Crippen LogP contribution in [0, 0.1) is 0 Å². The van der Waals surface area contributed by atoms with Gasteiger partial charge in [0.1, 0.15) is 0 Å². The van der Waals surface area contributed by atoms with Crippen molar-refractivity contribution in [3.8, 4) is 0 Å². The predicted octanol–water partition coefficient (Wildman–Crippen LogP) is 3.11. The van der Waals surface area contributed by atoms with Crippen LogP contribution in [-0.2, 0) is 18.9 Å². The summed E-state index contributed by atoms with van der Waals surface area (Å²) in [6, 6.07) is 16.2. The minimum Gasteiger partial charge on any atom is -0.398 e. The van der Waals surface area contributed by atoms with E-state index in [-0.39, 0.29) is 11.8 Å². The van der Waals surface area contributed by atoms with Gasteiger partial charge in [-0.3, -0.25) is 9.59 Å². The van der Waals surface area contributed by atoms with E-state index < -0.39 is 0 Å². The van der Waals surface area contributed by atoms with Crippen molar-refractivity contribution in [1.82, 2.24) is 0 Å². The van der Waals surface area contributed by atoms with Crippen LogP contribution in [0.25, 0.3) is 10.8 Å². The molecule has 3 aromatic carbocycles. The topological polar surface area (TPSA) is 104 Å². The number of anilines is 3. The Morgan fingerprint density at radius 2 is 1.11 bits per heavy atom. The van der Waals surface area contributed by atoms with Crippen LogP contribution < -0.4 is 15.5 Å². The van der Waals surface area contributed by atoms with Gasteiger partial charge < -0.3 is 29.6 Å². The largest absolute Gasteiger partial charge is 0.398 e. The molecular formula is C28H31N3O6. The van der Waals surface area contributed by atoms with Gasteiger partial charge in [-0.1, -0.05) is 12.1 Å². The molecule has 9 nitrogen and oxygen atoms in total. The molecule has 2 amide bonds. The van der Waals surface area contributed by atoms with Crippen LogP contribution in [0.5, 0.6) is 0 Å². The molecule has 5 rings (SSSR count). The van der Waals surface area contributed by atoms with Crippen molar-refractivity contribution in [2.75, 3.05) is 81.5 Å². The highest BCUT2D eigenvalue weighted by Gasteiger charge is 2.34. The molecule has 0 bridgehead atoms. The van der Waals surface area contributed by atoms with Gasteiger partial charge in [-0.05, 0) is 42.5 Å². The van der Waals surface area contributed by atoms with Crippen molar-refractivity contribution >= 4 is 39.6 Å². The number of hydrogen-bond acceptors (Lipinski definition) is 8. The van der Waals surface area contributed by atoms with Crippen molar-refractivity contribution in [1.29, 1.82) is 0 Å². The average molecular weight is 506 g/mol. The third-order valence-corrected chi connectivity index (χ3v) is 6.54. The maximum atomic E-state index is 13.4. The van der Waals surface area contributed by atoms with Crippen molar-refractivity contribution in [2.24, 2.45) is 0 Å². The summed E-state index contributed by atoms with van der Waals surface area (Å²) in [6.45, 7) is 5.56. The first kappa shape index (κ1) is 25.2. The first-order valence-electron chi connectivity index (χ1n) is 12.5. The summed E-state index contributed by atoms with van der Waals surface area (Å²) in [4.78, 5) is 30.2. The molecule has 1 saturated heterocycles. The standard InChI is InChI=1S/C28H31N3O6/c29-25-9-8-24-26-22(25)2-1-3-23(26)27(32)31(28(24)33)21-6-4-20(5-7-21)30-10-12-34-14-16-36-18-19-37-17-15-35-13-11-30/h1-9H,10-19,29H2. The number of nitrogens with two attached hydrogens (primary N) is 1. The number of nitrogens with zero attached hydrogens (tertiary/aromatic N) is 2. The lowest BCUT2D eigenvalue weighted by Gasteiger charge is -2.29. The number of ether oxygens (including phenoxy) is 4. The second-order valence-corrected chi connectivity index (χ2v) is 8.83. The molecule has 2 aliphatic rings. The van der Waals surface area contributed by atoms with Crippen LogP contribution in [0.4, 0.5) is 17.1 Å². The number of hydrogen-bond donors (Lipinski definition) is 1. The van der Waals surface area contributed by atoms with Gasteiger partial charge in [0.05, 0.1) is 58.5 Å². The molecule has 9 heteroatoms. The molecule has 0 spiro atoms. The van der Waals surface area contributed by atoms with Crippen LogP contribution >= 0.6 is 0 Å². The number of amides is 2. The van der Waals surface area contributed by atoms with Gasteiger partial charge in [0.2, 0.25) is 0 Å². The Hall–Kier alpha value is -3.50. The molecule has 0 atom stereocenters. The third-order valence-electron chi connectivity index (χ3n) is 6.54. The maximum Gasteiger partial charge on any atom is 0.265 e. The van der Waals surface area contributed by atoms with Gasteiger partial charge in [0, 0.05) is 46.4 Å². The van der Waals surface area contributed by atoms with E-state index in [0.717, 1.165) is 5.69 Å². The summed E-state index contributed by atoms with van der Waals surface area (Å²) in [7, 11) is 0. The van der Waals surface area contributed by atoms with Crippen LogP contribution in [0.2, 0.25) is 0 Å². The highest BCUT2D eigenvalue weighted by Crippen LogP contribution is 2.35. The highest BCUT2D eigenvalue weighted by molar-refractivity contribution is 6.36. The molecule has 3 aromatic rings. The molecule has 0 unspecified atom stereocenters. The summed E-state index contributed by atoms with van der Waals surface area (Å²) in [5.74, 6) is -0.719. The van der Waals surface area contributed by atoms with Gasteiger partial charge in [-0.2, -0.15) is 0 Å². The Bertz CT molecular complexity index is 1220. The quantitative estimate of drug-likeness (QED) is 0.419. The zero-order valence-corrected chi connectivity index (χ0v) is 20.7. The molecule has 194 valence electrons. The number of benzene rings is 3. The second-order valence-electron chi connectivity index (χ2n) is 8.83. The van der Waals surface area contributed by atoms with E-state index in [1.807, 2.05) is 18.2 Å². The van der Waals surface area contributed by atoms with Crippen molar-refractivity contribution in [2.45, 2.75) is 0 Å². The minimum atomic E-state index is -0.359. The van der Waals surface area contributed by atoms with E-state index in [9.17, 15) is 9.59 Å². The zero-order chi connectivity index (χ0) is 25.6. The average Bonchev–Trinajstić information content (AvgIpc) is 2.93. The summed E-state index contributed by atoms with van der Waals surface area (Å²) >= 11 is 0. The Balaban J connectivity index is 1.34. The SMILES string of the molecule is Nc1ccc2c3c(cccc13)C(=O)N(c1ccc(N3CCOCCOCCOCCOCC3)cc1)C2=O. The summed E-state index contributed by atoms with van der Waals surface area (Å²) < 4.78 is 22.4.